The van der Waals surface area contributed by atoms with Gasteiger partial charge in [0.2, 0.25) is 0 Å². The molecule has 96 valence electrons. The van der Waals surface area contributed by atoms with Gasteiger partial charge in [-0.15, -0.1) is 0 Å². The van der Waals surface area contributed by atoms with E-state index in [1.165, 1.54) is 16.7 Å². The van der Waals surface area contributed by atoms with Crippen LogP contribution in [0.1, 0.15) is 0 Å². The van der Waals surface area contributed by atoms with Gasteiger partial charge in [0, 0.05) is 15.5 Å². The van der Waals surface area contributed by atoms with Crippen molar-refractivity contribution >= 4 is 23.5 Å². The van der Waals surface area contributed by atoms with Crippen molar-refractivity contribution in [3.63, 3.8) is 0 Å². The second kappa shape index (κ2) is 7.78. The summed E-state index contributed by atoms with van der Waals surface area (Å²) in [7, 11) is 0. The molecule has 19 heavy (non-hydrogen) atoms. The molecule has 0 N–H and O–H groups in total. The Bertz CT molecular complexity index is 552. The minimum Gasteiger partial charge on any atom is -0.493 e. The molecule has 0 unspecified atom stereocenters. The van der Waals surface area contributed by atoms with Gasteiger partial charge in [-0.3, -0.25) is 0 Å². The highest BCUT2D eigenvalue weighted by Gasteiger charge is 1.99. The highest BCUT2D eigenvalue weighted by Crippen LogP contribution is 2.29. The number of hydrogen-bond donors (Lipinski definition) is 0. The van der Waals surface area contributed by atoms with Gasteiger partial charge in [-0.05, 0) is 42.1 Å². The molecule has 2 nitrogen and oxygen atoms in total. The Morgan fingerprint density at radius 1 is 1.00 bits per heavy atom. The molecule has 4 heteroatoms. The normalized spacial score (nSPS) is 9.84. The van der Waals surface area contributed by atoms with Crippen LogP contribution in [0.5, 0.6) is 5.75 Å². The fourth-order valence-electron chi connectivity index (χ4n) is 1.50. The molecule has 2 aromatic carbocycles. The van der Waals surface area contributed by atoms with Gasteiger partial charge in [0.05, 0.1) is 6.61 Å². The van der Waals surface area contributed by atoms with Crippen LogP contribution in [0.25, 0.3) is 0 Å². The van der Waals surface area contributed by atoms with Crippen LogP contribution in [-0.2, 0) is 0 Å². The Kier molecular flexibility index (Phi) is 5.67. The molecule has 0 spiro atoms. The Hall–Kier alpha value is -1.57. The minimum atomic E-state index is 0.553. The fraction of sp³-hybridized carbons (Fsp3) is 0.133. The van der Waals surface area contributed by atoms with E-state index in [1.807, 2.05) is 41.8 Å². The molecule has 0 atom stereocenters. The zero-order valence-electron chi connectivity index (χ0n) is 10.3. The van der Waals surface area contributed by atoms with Gasteiger partial charge in [-0.2, -0.15) is 5.26 Å². The molecule has 0 saturated heterocycles. The standard InChI is InChI=1S/C15H13NOS2/c16-12-18-10-9-17-13-5-4-8-15(11-13)19-14-6-2-1-3-7-14/h1-8,11H,9-10H2. The number of thiocyanates is 1. The van der Waals surface area contributed by atoms with Crippen LogP contribution >= 0.6 is 23.5 Å². The molecular weight excluding hydrogens is 274 g/mol. The van der Waals surface area contributed by atoms with Crippen molar-refractivity contribution in [3.05, 3.63) is 54.6 Å². The Balaban J connectivity index is 1.94. The molecule has 0 aliphatic rings. The number of ether oxygens (including phenoxy) is 1. The zero-order chi connectivity index (χ0) is 13.3. The number of nitrogens with zero attached hydrogens (tertiary/aromatic N) is 1. The van der Waals surface area contributed by atoms with Gasteiger partial charge in [-0.1, -0.05) is 36.0 Å². The van der Waals surface area contributed by atoms with Crippen LogP contribution in [0.15, 0.2) is 64.4 Å². The predicted molar refractivity (Wildman–Crippen MR) is 80.6 cm³/mol. The number of rotatable bonds is 6. The number of nitriles is 1. The highest BCUT2D eigenvalue weighted by molar-refractivity contribution is 8.03. The molecule has 0 aliphatic heterocycles. The van der Waals surface area contributed by atoms with Crippen molar-refractivity contribution in [1.82, 2.24) is 0 Å². The van der Waals surface area contributed by atoms with E-state index in [9.17, 15) is 0 Å². The third-order valence-corrected chi connectivity index (χ3v) is 3.80. The summed E-state index contributed by atoms with van der Waals surface area (Å²) in [5, 5.41) is 10.5. The van der Waals surface area contributed by atoms with E-state index in [4.69, 9.17) is 10.00 Å². The maximum absolute atomic E-state index is 8.43. The molecule has 0 amide bonds. The molecule has 0 heterocycles. The summed E-state index contributed by atoms with van der Waals surface area (Å²) >= 11 is 2.92. The lowest BCUT2D eigenvalue weighted by Crippen LogP contribution is -1.99. The first-order chi connectivity index (χ1) is 9.38. The van der Waals surface area contributed by atoms with E-state index in [1.54, 1.807) is 11.8 Å². The summed E-state index contributed by atoms with van der Waals surface area (Å²) in [4.78, 5) is 2.36. The molecular formula is C15H13NOS2. The molecule has 0 radical (unpaired) electrons. The second-order valence-electron chi connectivity index (χ2n) is 3.68. The monoisotopic (exact) mass is 287 g/mol. The Morgan fingerprint density at radius 3 is 2.58 bits per heavy atom. The van der Waals surface area contributed by atoms with Crippen LogP contribution in [0.2, 0.25) is 0 Å². The van der Waals surface area contributed by atoms with Crippen LogP contribution in [0.4, 0.5) is 0 Å². The predicted octanol–water partition coefficient (Wildman–Crippen LogP) is 4.43. The summed E-state index contributed by atoms with van der Waals surface area (Å²) in [6, 6.07) is 18.2. The van der Waals surface area contributed by atoms with Crippen LogP contribution in [0.3, 0.4) is 0 Å². The van der Waals surface area contributed by atoms with Gasteiger partial charge in [0.15, 0.2) is 0 Å². The fourth-order valence-corrected chi connectivity index (χ4v) is 2.64. The molecule has 2 rings (SSSR count). The molecule has 2 aromatic rings. The van der Waals surface area contributed by atoms with Crippen LogP contribution in [0, 0.1) is 10.7 Å². The lowest BCUT2D eigenvalue weighted by Gasteiger charge is -2.07. The first-order valence-electron chi connectivity index (χ1n) is 5.85. The zero-order valence-corrected chi connectivity index (χ0v) is 11.9. The van der Waals surface area contributed by atoms with Crippen molar-refractivity contribution in [2.24, 2.45) is 0 Å². The molecule has 0 bridgehead atoms. The largest absolute Gasteiger partial charge is 0.493 e. The maximum atomic E-state index is 8.43. The van der Waals surface area contributed by atoms with Gasteiger partial charge in [0.25, 0.3) is 0 Å². The molecule has 0 aliphatic carbocycles. The van der Waals surface area contributed by atoms with Crippen LogP contribution < -0.4 is 4.74 Å². The second-order valence-corrected chi connectivity index (χ2v) is 5.70. The number of thioether (sulfide) groups is 1. The van der Waals surface area contributed by atoms with Crippen molar-refractivity contribution in [2.75, 3.05) is 12.4 Å². The van der Waals surface area contributed by atoms with E-state index in [-0.39, 0.29) is 0 Å². The Morgan fingerprint density at radius 2 is 1.79 bits per heavy atom. The smallest absolute Gasteiger partial charge is 0.133 e. The van der Waals surface area contributed by atoms with Crippen molar-refractivity contribution < 1.29 is 4.74 Å². The average molecular weight is 287 g/mol. The average Bonchev–Trinajstić information content (AvgIpc) is 2.45. The minimum absolute atomic E-state index is 0.553. The summed E-state index contributed by atoms with van der Waals surface area (Å²) in [6.45, 7) is 0.553. The number of hydrogen-bond acceptors (Lipinski definition) is 4. The van der Waals surface area contributed by atoms with Gasteiger partial charge < -0.3 is 4.74 Å². The molecule has 0 fully saturated rings. The third kappa shape index (κ3) is 4.90. The first kappa shape index (κ1) is 13.9. The molecule has 0 saturated carbocycles. The van der Waals surface area contributed by atoms with Crippen molar-refractivity contribution in [2.45, 2.75) is 9.79 Å². The lowest BCUT2D eigenvalue weighted by molar-refractivity contribution is 0.343. The van der Waals surface area contributed by atoms with Crippen molar-refractivity contribution in [3.8, 4) is 11.2 Å². The SMILES string of the molecule is N#CSCCOc1cccc(Sc2ccccc2)c1. The van der Waals surface area contributed by atoms with E-state index in [0.717, 1.165) is 10.6 Å². The summed E-state index contributed by atoms with van der Waals surface area (Å²) in [5.41, 5.74) is 0. The van der Waals surface area contributed by atoms with Gasteiger partial charge >= 0.3 is 0 Å². The van der Waals surface area contributed by atoms with Gasteiger partial charge in [-0.25, -0.2) is 0 Å². The quantitative estimate of drug-likeness (QED) is 0.581. The topological polar surface area (TPSA) is 33.0 Å². The summed E-state index contributed by atoms with van der Waals surface area (Å²) in [5.74, 6) is 1.53. The first-order valence-corrected chi connectivity index (χ1v) is 7.65. The highest BCUT2D eigenvalue weighted by atomic mass is 32.2. The van der Waals surface area contributed by atoms with E-state index >= 15 is 0 Å². The maximum Gasteiger partial charge on any atom is 0.133 e. The summed E-state index contributed by atoms with van der Waals surface area (Å²) in [6.07, 6.45) is 0. The van der Waals surface area contributed by atoms with Crippen molar-refractivity contribution in [1.29, 1.82) is 5.26 Å². The molecule has 0 aromatic heterocycles. The lowest BCUT2D eigenvalue weighted by atomic mass is 10.3. The van der Waals surface area contributed by atoms with Gasteiger partial charge in [0.1, 0.15) is 11.2 Å². The van der Waals surface area contributed by atoms with Crippen LogP contribution in [-0.4, -0.2) is 12.4 Å². The van der Waals surface area contributed by atoms with E-state index in [0.29, 0.717) is 12.4 Å². The van der Waals surface area contributed by atoms with E-state index < -0.39 is 0 Å². The van der Waals surface area contributed by atoms with E-state index in [2.05, 4.69) is 18.2 Å². The Labute approximate surface area is 121 Å². The third-order valence-electron chi connectivity index (χ3n) is 2.30. The summed E-state index contributed by atoms with van der Waals surface area (Å²) < 4.78 is 5.60. The number of benzene rings is 2.